The molecule has 0 bridgehead atoms. The van der Waals surface area contributed by atoms with Crippen molar-refractivity contribution in [3.05, 3.63) is 90.5 Å². The predicted octanol–water partition coefficient (Wildman–Crippen LogP) is 4.34. The number of aromatic nitrogens is 2. The summed E-state index contributed by atoms with van der Waals surface area (Å²) in [6.07, 6.45) is 7.58. The monoisotopic (exact) mass is 391 g/mol. The van der Waals surface area contributed by atoms with Crippen LogP contribution in [-0.2, 0) is 16.1 Å². The molecular weight excluding hydrogens is 366 g/mol. The van der Waals surface area contributed by atoms with Crippen LogP contribution in [0.3, 0.4) is 0 Å². The molecule has 0 fully saturated rings. The lowest BCUT2D eigenvalue weighted by Gasteiger charge is -2.21. The Labute approximate surface area is 170 Å². The highest BCUT2D eigenvalue weighted by Crippen LogP contribution is 2.21. The molecule has 0 aliphatic heterocycles. The molecule has 1 heterocycles. The maximum absolute atomic E-state index is 10.6. The molecule has 0 aliphatic rings. The number of rotatable bonds is 11. The van der Waals surface area contributed by atoms with E-state index >= 15 is 0 Å². The van der Waals surface area contributed by atoms with Gasteiger partial charge in [0.25, 0.3) is 0 Å². The van der Waals surface area contributed by atoms with E-state index in [4.69, 9.17) is 9.94 Å². The Morgan fingerprint density at radius 3 is 2.45 bits per heavy atom. The summed E-state index contributed by atoms with van der Waals surface area (Å²) >= 11 is 0. The number of nitrogens with zero attached hydrogens (tertiary/aromatic N) is 3. The Kier molecular flexibility index (Phi) is 7.57. The van der Waals surface area contributed by atoms with Gasteiger partial charge in [0, 0.05) is 24.4 Å². The first-order valence-corrected chi connectivity index (χ1v) is 9.72. The van der Waals surface area contributed by atoms with Crippen molar-refractivity contribution in [2.75, 3.05) is 6.61 Å². The number of unbranched alkanes of at least 4 members (excludes halogenated alkanes) is 1. The number of oxime groups is 1. The van der Waals surface area contributed by atoms with Gasteiger partial charge in [0.15, 0.2) is 0 Å². The third-order valence-electron chi connectivity index (χ3n) is 4.58. The molecule has 3 rings (SSSR count). The smallest absolute Gasteiger partial charge is 0.303 e. The molecule has 2 aromatic carbocycles. The number of imidazole rings is 1. The number of benzene rings is 2. The number of carboxylic acid groups (broad SMARTS) is 1. The molecule has 6 heteroatoms. The first kappa shape index (κ1) is 20.3. The average Bonchev–Trinajstić information content (AvgIpc) is 3.28. The third-order valence-corrected chi connectivity index (χ3v) is 4.58. The molecule has 0 radical (unpaired) electrons. The zero-order valence-corrected chi connectivity index (χ0v) is 16.2. The molecule has 0 saturated carbocycles. The lowest BCUT2D eigenvalue weighted by atomic mass is 9.96. The van der Waals surface area contributed by atoms with E-state index in [-0.39, 0.29) is 12.5 Å². The SMILES string of the molecule is O=C(O)CCCCO/N=C(/c1ccccc1)C(Cc1ccccc1)n1ccnc1. The van der Waals surface area contributed by atoms with Crippen molar-refractivity contribution in [2.24, 2.45) is 5.16 Å². The first-order valence-electron chi connectivity index (χ1n) is 9.72. The van der Waals surface area contributed by atoms with E-state index in [2.05, 4.69) is 22.3 Å². The van der Waals surface area contributed by atoms with E-state index in [1.807, 2.05) is 59.3 Å². The predicted molar refractivity (Wildman–Crippen MR) is 112 cm³/mol. The topological polar surface area (TPSA) is 76.7 Å². The van der Waals surface area contributed by atoms with Crippen LogP contribution in [0.1, 0.15) is 36.4 Å². The number of hydrogen-bond donors (Lipinski definition) is 1. The van der Waals surface area contributed by atoms with Crippen LogP contribution in [0.2, 0.25) is 0 Å². The summed E-state index contributed by atoms with van der Waals surface area (Å²) in [5.41, 5.74) is 2.98. The Hall–Kier alpha value is -3.41. The normalized spacial score (nSPS) is 12.5. The van der Waals surface area contributed by atoms with E-state index in [1.54, 1.807) is 12.5 Å². The maximum atomic E-state index is 10.6. The zero-order valence-electron chi connectivity index (χ0n) is 16.2. The molecule has 6 nitrogen and oxygen atoms in total. The van der Waals surface area contributed by atoms with Gasteiger partial charge in [0.05, 0.1) is 12.4 Å². The van der Waals surface area contributed by atoms with E-state index in [0.717, 1.165) is 17.7 Å². The lowest BCUT2D eigenvalue weighted by Crippen LogP contribution is -2.22. The first-order chi connectivity index (χ1) is 14.2. The van der Waals surface area contributed by atoms with Gasteiger partial charge in [0.1, 0.15) is 12.3 Å². The zero-order chi connectivity index (χ0) is 20.3. The van der Waals surface area contributed by atoms with E-state index < -0.39 is 5.97 Å². The summed E-state index contributed by atoms with van der Waals surface area (Å²) in [4.78, 5) is 20.5. The van der Waals surface area contributed by atoms with Crippen molar-refractivity contribution in [1.82, 2.24) is 9.55 Å². The van der Waals surface area contributed by atoms with E-state index in [0.29, 0.717) is 19.4 Å². The molecule has 1 N–H and O–H groups in total. The number of carboxylic acids is 1. The fourth-order valence-corrected chi connectivity index (χ4v) is 3.11. The Morgan fingerprint density at radius 1 is 1.07 bits per heavy atom. The minimum Gasteiger partial charge on any atom is -0.481 e. The summed E-state index contributed by atoms with van der Waals surface area (Å²) in [6, 6.07) is 20.1. The van der Waals surface area contributed by atoms with Gasteiger partial charge in [-0.1, -0.05) is 65.8 Å². The minimum atomic E-state index is -0.790. The second-order valence-corrected chi connectivity index (χ2v) is 6.74. The van der Waals surface area contributed by atoms with Gasteiger partial charge >= 0.3 is 5.97 Å². The van der Waals surface area contributed by atoms with Crippen molar-refractivity contribution < 1.29 is 14.7 Å². The van der Waals surface area contributed by atoms with Gasteiger partial charge in [-0.2, -0.15) is 0 Å². The Balaban J connectivity index is 1.83. The van der Waals surface area contributed by atoms with Gasteiger partial charge < -0.3 is 14.5 Å². The van der Waals surface area contributed by atoms with Gasteiger partial charge in [0.2, 0.25) is 0 Å². The van der Waals surface area contributed by atoms with Gasteiger partial charge in [-0.3, -0.25) is 4.79 Å². The van der Waals surface area contributed by atoms with Crippen molar-refractivity contribution in [2.45, 2.75) is 31.7 Å². The highest BCUT2D eigenvalue weighted by Gasteiger charge is 2.21. The number of carbonyl (C=O) groups is 1. The summed E-state index contributed by atoms with van der Waals surface area (Å²) < 4.78 is 2.03. The summed E-state index contributed by atoms with van der Waals surface area (Å²) in [7, 11) is 0. The molecule has 0 spiro atoms. The van der Waals surface area contributed by atoms with Crippen molar-refractivity contribution in [3.8, 4) is 0 Å². The fraction of sp³-hybridized carbons (Fsp3) is 0.261. The molecule has 0 saturated heterocycles. The molecule has 3 aromatic rings. The van der Waals surface area contributed by atoms with Crippen molar-refractivity contribution >= 4 is 11.7 Å². The van der Waals surface area contributed by atoms with Crippen LogP contribution in [-0.4, -0.2) is 32.9 Å². The maximum Gasteiger partial charge on any atom is 0.303 e. The van der Waals surface area contributed by atoms with Crippen LogP contribution in [0.4, 0.5) is 0 Å². The van der Waals surface area contributed by atoms with Crippen LogP contribution in [0.15, 0.2) is 84.5 Å². The third kappa shape index (κ3) is 6.31. The summed E-state index contributed by atoms with van der Waals surface area (Å²) in [5.74, 6) is -0.790. The fourth-order valence-electron chi connectivity index (χ4n) is 3.11. The van der Waals surface area contributed by atoms with Crippen LogP contribution >= 0.6 is 0 Å². The average molecular weight is 391 g/mol. The molecule has 1 unspecified atom stereocenters. The number of hydrogen-bond acceptors (Lipinski definition) is 4. The van der Waals surface area contributed by atoms with Gasteiger partial charge in [-0.15, -0.1) is 0 Å². The van der Waals surface area contributed by atoms with Gasteiger partial charge in [-0.05, 0) is 24.8 Å². The lowest BCUT2D eigenvalue weighted by molar-refractivity contribution is -0.137. The molecule has 150 valence electrons. The van der Waals surface area contributed by atoms with E-state index in [1.165, 1.54) is 5.56 Å². The number of aliphatic carboxylic acids is 1. The molecule has 29 heavy (non-hydrogen) atoms. The van der Waals surface area contributed by atoms with Gasteiger partial charge in [-0.25, -0.2) is 4.98 Å². The standard InChI is InChI=1S/C23H25N3O3/c27-22(28)13-7-8-16-29-25-23(20-11-5-2-6-12-20)21(26-15-14-24-18-26)17-19-9-3-1-4-10-19/h1-6,9-12,14-15,18,21H,7-8,13,16-17H2,(H,27,28)/b25-23-. The van der Waals surface area contributed by atoms with E-state index in [9.17, 15) is 4.79 Å². The highest BCUT2D eigenvalue weighted by atomic mass is 16.6. The molecule has 0 aliphatic carbocycles. The Bertz CT molecular complexity index is 894. The Morgan fingerprint density at radius 2 is 1.79 bits per heavy atom. The molecular formula is C23H25N3O3. The summed E-state index contributed by atoms with van der Waals surface area (Å²) in [6.45, 7) is 0.381. The van der Waals surface area contributed by atoms with Crippen molar-refractivity contribution in [3.63, 3.8) is 0 Å². The minimum absolute atomic E-state index is 0.0821. The molecule has 1 atom stereocenters. The van der Waals surface area contributed by atoms with Crippen LogP contribution in [0, 0.1) is 0 Å². The molecule has 0 amide bonds. The quantitative estimate of drug-likeness (QED) is 0.300. The van der Waals surface area contributed by atoms with Crippen LogP contribution < -0.4 is 0 Å². The second kappa shape index (κ2) is 10.8. The molecule has 1 aromatic heterocycles. The van der Waals surface area contributed by atoms with Crippen LogP contribution in [0.25, 0.3) is 0 Å². The highest BCUT2D eigenvalue weighted by molar-refractivity contribution is 6.03. The van der Waals surface area contributed by atoms with Crippen LogP contribution in [0.5, 0.6) is 0 Å². The van der Waals surface area contributed by atoms with Crippen molar-refractivity contribution in [1.29, 1.82) is 0 Å². The largest absolute Gasteiger partial charge is 0.481 e. The second-order valence-electron chi connectivity index (χ2n) is 6.74. The summed E-state index contributed by atoms with van der Waals surface area (Å²) in [5, 5.41) is 13.2.